The molecule has 5 nitrogen and oxygen atoms in total. The third kappa shape index (κ3) is 2.82. The van der Waals surface area contributed by atoms with Crippen LogP contribution in [0.2, 0.25) is 0 Å². The summed E-state index contributed by atoms with van der Waals surface area (Å²) in [5, 5.41) is 17.0. The van der Waals surface area contributed by atoms with Gasteiger partial charge in [0.1, 0.15) is 5.66 Å². The van der Waals surface area contributed by atoms with E-state index in [0.717, 1.165) is 0 Å². The van der Waals surface area contributed by atoms with Gasteiger partial charge in [-0.3, -0.25) is 0 Å². The Balaban J connectivity index is 4.38. The molecule has 0 aromatic rings. The van der Waals surface area contributed by atoms with Crippen LogP contribution in [0.4, 0.5) is 0 Å². The van der Waals surface area contributed by atoms with Crippen LogP contribution in [0.15, 0.2) is 0 Å². The van der Waals surface area contributed by atoms with Crippen molar-refractivity contribution >= 4 is 13.6 Å². The van der Waals surface area contributed by atoms with Gasteiger partial charge >= 0.3 is 13.6 Å². The van der Waals surface area contributed by atoms with Crippen LogP contribution in [-0.4, -0.2) is 27.9 Å². The van der Waals surface area contributed by atoms with Gasteiger partial charge in [0.15, 0.2) is 6.10 Å². The molecule has 0 aromatic heterocycles. The monoisotopic (exact) mass is 180 g/mol. The molecule has 2 unspecified atom stereocenters. The zero-order chi connectivity index (χ0) is 9.02. The summed E-state index contributed by atoms with van der Waals surface area (Å²) < 4.78 is 20.6. The molecule has 64 valence electrons. The van der Waals surface area contributed by atoms with E-state index < -0.39 is 25.4 Å². The number of carboxylic acids is 1. The molecule has 0 spiro atoms. The molecule has 11 heavy (non-hydrogen) atoms. The zero-order valence-corrected chi connectivity index (χ0v) is 6.82. The number of carboxylic acid groups (broad SMARTS) is 1. The molecule has 0 aromatic carbocycles. The average molecular weight is 180 g/mol. The van der Waals surface area contributed by atoms with Crippen molar-refractivity contribution in [2.75, 3.05) is 0 Å². The van der Waals surface area contributed by atoms with E-state index in [2.05, 4.69) is 0 Å². The highest BCUT2D eigenvalue weighted by atomic mass is 31.1. The van der Waals surface area contributed by atoms with Crippen LogP contribution < -0.4 is 0 Å². The molecule has 0 aliphatic carbocycles. The largest absolute Gasteiger partial charge is 0.479 e. The summed E-state index contributed by atoms with van der Waals surface area (Å²) in [6.07, 6.45) is -1.70. The molecule has 0 bridgehead atoms. The summed E-state index contributed by atoms with van der Waals surface area (Å²) in [6.45, 7) is 1.50. The van der Waals surface area contributed by atoms with Crippen LogP contribution in [0.5, 0.6) is 0 Å². The summed E-state index contributed by atoms with van der Waals surface area (Å²) >= 11 is 0. The number of aliphatic carboxylic acids is 1. The molecular weight excluding hydrogens is 171 g/mol. The minimum absolute atomic E-state index is 0.103. The number of hydrogen-bond acceptors (Lipinski definition) is 4. The smallest absolute Gasteiger partial charge is 0.333 e. The first-order valence-corrected chi connectivity index (χ1v) is 4.29. The predicted octanol–water partition coefficient (Wildman–Crippen LogP) is 0.383. The summed E-state index contributed by atoms with van der Waals surface area (Å²) in [6, 6.07) is 0. The Morgan fingerprint density at radius 2 is 2.00 bits per heavy atom. The maximum absolute atomic E-state index is 10.3. The lowest BCUT2D eigenvalue weighted by Gasteiger charge is -2.08. The van der Waals surface area contributed by atoms with Gasteiger partial charge in [0.2, 0.25) is 0 Å². The fourth-order valence-corrected chi connectivity index (χ4v) is 1.31. The van der Waals surface area contributed by atoms with E-state index in [1.165, 1.54) is 6.92 Å². The lowest BCUT2D eigenvalue weighted by atomic mass is 10.2. The van der Waals surface area contributed by atoms with Crippen LogP contribution in [0.25, 0.3) is 0 Å². The lowest BCUT2D eigenvalue weighted by Crippen LogP contribution is -2.29. The molecule has 0 saturated heterocycles. The average Bonchev–Trinajstić information content (AvgIpc) is 1.88. The molecule has 0 aliphatic heterocycles. The van der Waals surface area contributed by atoms with E-state index in [0.29, 0.717) is 0 Å². The van der Waals surface area contributed by atoms with Gasteiger partial charge in [0, 0.05) is 0 Å². The van der Waals surface area contributed by atoms with E-state index in [-0.39, 0.29) is 6.42 Å². The van der Waals surface area contributed by atoms with Gasteiger partial charge < -0.3 is 10.2 Å². The molecular formula is C5H9O5P. The molecule has 0 fully saturated rings. The first-order chi connectivity index (χ1) is 5.00. The molecule has 6 heteroatoms. The molecule has 0 amide bonds. The quantitative estimate of drug-likeness (QED) is 0.610. The Labute approximate surface area is 63.9 Å². The molecule has 2 atom stereocenters. The Morgan fingerprint density at radius 1 is 1.55 bits per heavy atom. The summed E-state index contributed by atoms with van der Waals surface area (Å²) in [4.78, 5) is 10.1. The Hall–Kier alpha value is -0.670. The fraction of sp³-hybridized carbons (Fsp3) is 0.800. The maximum Gasteiger partial charge on any atom is 0.333 e. The van der Waals surface area contributed by atoms with Gasteiger partial charge in [-0.2, -0.15) is 0 Å². The molecule has 0 aliphatic rings. The number of aliphatic hydroxyl groups excluding tert-OH is 1. The third-order valence-corrected chi connectivity index (χ3v) is 2.50. The highest BCUT2D eigenvalue weighted by molar-refractivity contribution is 7.31. The van der Waals surface area contributed by atoms with E-state index in [4.69, 9.17) is 10.2 Å². The SMILES string of the molecule is CCC(C(O)C(=O)O)P(=O)=O. The number of aliphatic hydroxyl groups is 1. The van der Waals surface area contributed by atoms with Crippen LogP contribution in [-0.2, 0) is 13.9 Å². The minimum Gasteiger partial charge on any atom is -0.479 e. The lowest BCUT2D eigenvalue weighted by molar-refractivity contribution is -0.146. The van der Waals surface area contributed by atoms with Gasteiger partial charge in [-0.05, 0) is 6.42 Å². The van der Waals surface area contributed by atoms with E-state index in [1.807, 2.05) is 0 Å². The maximum atomic E-state index is 10.3. The molecule has 0 saturated carbocycles. The third-order valence-electron chi connectivity index (χ3n) is 1.31. The molecule has 2 N–H and O–H groups in total. The van der Waals surface area contributed by atoms with Crippen LogP contribution in [0, 0.1) is 0 Å². The van der Waals surface area contributed by atoms with Crippen molar-refractivity contribution in [1.29, 1.82) is 0 Å². The van der Waals surface area contributed by atoms with Gasteiger partial charge in [0.25, 0.3) is 0 Å². The molecule has 0 heterocycles. The van der Waals surface area contributed by atoms with Crippen molar-refractivity contribution in [3.05, 3.63) is 0 Å². The number of hydrogen-bond donors (Lipinski definition) is 2. The van der Waals surface area contributed by atoms with Gasteiger partial charge in [0.05, 0.1) is 0 Å². The van der Waals surface area contributed by atoms with Crippen molar-refractivity contribution in [1.82, 2.24) is 0 Å². The first kappa shape index (κ1) is 10.3. The van der Waals surface area contributed by atoms with Crippen molar-refractivity contribution < 1.29 is 24.1 Å². The van der Waals surface area contributed by atoms with Crippen molar-refractivity contribution in [2.45, 2.75) is 25.1 Å². The number of rotatable bonds is 4. The Kier molecular flexibility index (Phi) is 4.00. The van der Waals surface area contributed by atoms with E-state index >= 15 is 0 Å². The van der Waals surface area contributed by atoms with E-state index in [9.17, 15) is 13.9 Å². The molecule has 0 rings (SSSR count). The van der Waals surface area contributed by atoms with Crippen molar-refractivity contribution in [3.63, 3.8) is 0 Å². The first-order valence-electron chi connectivity index (χ1n) is 3.05. The highest BCUT2D eigenvalue weighted by Crippen LogP contribution is 2.21. The number of carbonyl (C=O) groups is 1. The second kappa shape index (κ2) is 4.26. The van der Waals surface area contributed by atoms with Gasteiger partial charge in [-0.25, -0.2) is 13.9 Å². The second-order valence-corrected chi connectivity index (χ2v) is 3.28. The van der Waals surface area contributed by atoms with Crippen LogP contribution >= 0.6 is 7.68 Å². The molecule has 0 radical (unpaired) electrons. The Morgan fingerprint density at radius 3 is 2.09 bits per heavy atom. The standard InChI is InChI=1S/C5H9O5P/c1-2-3(11(9)10)4(6)5(7)8/h3-4,6H,2H2,1H3,(H,7,8). The van der Waals surface area contributed by atoms with Gasteiger partial charge in [-0.15, -0.1) is 0 Å². The second-order valence-electron chi connectivity index (χ2n) is 2.04. The topological polar surface area (TPSA) is 91.7 Å². The van der Waals surface area contributed by atoms with Gasteiger partial charge in [-0.1, -0.05) is 6.92 Å². The Bertz CT molecular complexity index is 201. The van der Waals surface area contributed by atoms with Crippen molar-refractivity contribution in [3.8, 4) is 0 Å². The van der Waals surface area contributed by atoms with Crippen molar-refractivity contribution in [2.24, 2.45) is 0 Å². The fourth-order valence-electron chi connectivity index (χ4n) is 0.652. The summed E-state index contributed by atoms with van der Waals surface area (Å²) in [5.41, 5.74) is -1.18. The van der Waals surface area contributed by atoms with Crippen LogP contribution in [0.1, 0.15) is 13.3 Å². The summed E-state index contributed by atoms with van der Waals surface area (Å²) in [7, 11) is -2.87. The normalized spacial score (nSPS) is 15.5. The van der Waals surface area contributed by atoms with E-state index in [1.54, 1.807) is 0 Å². The summed E-state index contributed by atoms with van der Waals surface area (Å²) in [5.74, 6) is -1.50. The predicted molar refractivity (Wildman–Crippen MR) is 36.0 cm³/mol. The zero-order valence-electron chi connectivity index (χ0n) is 5.93. The van der Waals surface area contributed by atoms with Crippen LogP contribution in [0.3, 0.4) is 0 Å². The minimum atomic E-state index is -2.87. The highest BCUT2D eigenvalue weighted by Gasteiger charge is 2.28.